The Labute approximate surface area is 56.9 Å². The number of rotatable bonds is 0. The van der Waals surface area contributed by atoms with Gasteiger partial charge in [-0.15, -0.1) is 0 Å². The summed E-state index contributed by atoms with van der Waals surface area (Å²) >= 11 is 0. The third-order valence-corrected chi connectivity index (χ3v) is 1.90. The summed E-state index contributed by atoms with van der Waals surface area (Å²) in [6.45, 7) is 2.24. The standard InChI is InChI=1S/C8H15N/c1-7-3-2-4-8(9)6-5-7/h2-3,7-8H,4-6,9H2,1H3. The molecule has 1 heteroatoms. The van der Waals surface area contributed by atoms with E-state index in [2.05, 4.69) is 19.1 Å². The molecule has 2 N–H and O–H groups in total. The van der Waals surface area contributed by atoms with Gasteiger partial charge in [0.1, 0.15) is 0 Å². The van der Waals surface area contributed by atoms with Crippen LogP contribution in [0.5, 0.6) is 0 Å². The summed E-state index contributed by atoms with van der Waals surface area (Å²) in [5.41, 5.74) is 5.75. The van der Waals surface area contributed by atoms with Gasteiger partial charge < -0.3 is 5.73 Å². The van der Waals surface area contributed by atoms with Crippen molar-refractivity contribution >= 4 is 0 Å². The SMILES string of the molecule is CC1C=CCC(N)CC1. The van der Waals surface area contributed by atoms with Gasteiger partial charge >= 0.3 is 0 Å². The highest BCUT2D eigenvalue weighted by atomic mass is 14.6. The van der Waals surface area contributed by atoms with Crippen molar-refractivity contribution in [1.82, 2.24) is 0 Å². The van der Waals surface area contributed by atoms with E-state index in [1.807, 2.05) is 0 Å². The first-order valence-corrected chi connectivity index (χ1v) is 3.71. The van der Waals surface area contributed by atoms with Gasteiger partial charge in [-0.3, -0.25) is 0 Å². The molecule has 2 unspecified atom stereocenters. The Balaban J connectivity index is 2.39. The minimum Gasteiger partial charge on any atom is -0.327 e. The van der Waals surface area contributed by atoms with Crippen LogP contribution in [0.4, 0.5) is 0 Å². The quantitative estimate of drug-likeness (QED) is 0.490. The van der Waals surface area contributed by atoms with E-state index in [-0.39, 0.29) is 0 Å². The zero-order valence-electron chi connectivity index (χ0n) is 6.01. The molecule has 1 aliphatic carbocycles. The van der Waals surface area contributed by atoms with Crippen LogP contribution in [-0.2, 0) is 0 Å². The Hall–Kier alpha value is -0.300. The lowest BCUT2D eigenvalue weighted by Gasteiger charge is -2.05. The van der Waals surface area contributed by atoms with E-state index >= 15 is 0 Å². The van der Waals surface area contributed by atoms with Gasteiger partial charge in [0.15, 0.2) is 0 Å². The van der Waals surface area contributed by atoms with E-state index < -0.39 is 0 Å². The van der Waals surface area contributed by atoms with Gasteiger partial charge in [-0.05, 0) is 25.2 Å². The lowest BCUT2D eigenvalue weighted by Crippen LogP contribution is -2.17. The van der Waals surface area contributed by atoms with Crippen LogP contribution in [0.3, 0.4) is 0 Å². The van der Waals surface area contributed by atoms with E-state index in [4.69, 9.17) is 5.73 Å². The molecule has 0 spiro atoms. The molecule has 0 heterocycles. The Bertz CT molecular complexity index is 107. The number of nitrogens with two attached hydrogens (primary N) is 1. The van der Waals surface area contributed by atoms with E-state index in [0.717, 1.165) is 12.3 Å². The van der Waals surface area contributed by atoms with Gasteiger partial charge in [-0.2, -0.15) is 0 Å². The van der Waals surface area contributed by atoms with E-state index in [9.17, 15) is 0 Å². The molecule has 0 radical (unpaired) electrons. The summed E-state index contributed by atoms with van der Waals surface area (Å²) in [6, 6.07) is 0.422. The second-order valence-corrected chi connectivity index (χ2v) is 2.98. The predicted octanol–water partition coefficient (Wildman–Crippen LogP) is 1.69. The number of allylic oxidation sites excluding steroid dienone is 1. The molecule has 0 bridgehead atoms. The van der Waals surface area contributed by atoms with Crippen molar-refractivity contribution in [2.75, 3.05) is 0 Å². The second-order valence-electron chi connectivity index (χ2n) is 2.98. The summed E-state index contributed by atoms with van der Waals surface area (Å²) in [4.78, 5) is 0. The van der Waals surface area contributed by atoms with Gasteiger partial charge in [0.2, 0.25) is 0 Å². The summed E-state index contributed by atoms with van der Waals surface area (Å²) in [5.74, 6) is 0.749. The molecule has 1 rings (SSSR count). The highest BCUT2D eigenvalue weighted by molar-refractivity contribution is 4.92. The molecule has 0 aromatic rings. The molecule has 0 amide bonds. The fourth-order valence-corrected chi connectivity index (χ4v) is 1.18. The van der Waals surface area contributed by atoms with Crippen LogP contribution in [0.25, 0.3) is 0 Å². The van der Waals surface area contributed by atoms with Crippen LogP contribution in [0.1, 0.15) is 26.2 Å². The largest absolute Gasteiger partial charge is 0.327 e. The predicted molar refractivity (Wildman–Crippen MR) is 40.1 cm³/mol. The van der Waals surface area contributed by atoms with Crippen LogP contribution in [0.2, 0.25) is 0 Å². The molecular weight excluding hydrogens is 110 g/mol. The van der Waals surface area contributed by atoms with Gasteiger partial charge in [0.25, 0.3) is 0 Å². The maximum atomic E-state index is 5.75. The minimum absolute atomic E-state index is 0.422. The van der Waals surface area contributed by atoms with E-state index in [1.54, 1.807) is 0 Å². The summed E-state index contributed by atoms with van der Waals surface area (Å²) < 4.78 is 0. The maximum absolute atomic E-state index is 5.75. The Morgan fingerprint density at radius 1 is 1.44 bits per heavy atom. The summed E-state index contributed by atoms with van der Waals surface area (Å²) in [6.07, 6.45) is 8.01. The molecule has 2 atom stereocenters. The van der Waals surface area contributed by atoms with Crippen molar-refractivity contribution in [3.05, 3.63) is 12.2 Å². The van der Waals surface area contributed by atoms with Crippen molar-refractivity contribution in [3.8, 4) is 0 Å². The van der Waals surface area contributed by atoms with Crippen molar-refractivity contribution in [2.45, 2.75) is 32.2 Å². The molecule has 0 aromatic carbocycles. The van der Waals surface area contributed by atoms with Crippen molar-refractivity contribution in [1.29, 1.82) is 0 Å². The first-order valence-electron chi connectivity index (χ1n) is 3.71. The second kappa shape index (κ2) is 3.02. The van der Waals surface area contributed by atoms with Gasteiger partial charge in [0.05, 0.1) is 0 Å². The highest BCUT2D eigenvalue weighted by Gasteiger charge is 2.06. The highest BCUT2D eigenvalue weighted by Crippen LogP contribution is 2.14. The van der Waals surface area contributed by atoms with Gasteiger partial charge in [-0.1, -0.05) is 19.1 Å². The molecule has 0 saturated heterocycles. The maximum Gasteiger partial charge on any atom is 0.00736 e. The Morgan fingerprint density at radius 3 is 3.00 bits per heavy atom. The van der Waals surface area contributed by atoms with Gasteiger partial charge in [-0.25, -0.2) is 0 Å². The van der Waals surface area contributed by atoms with Crippen LogP contribution in [-0.4, -0.2) is 6.04 Å². The van der Waals surface area contributed by atoms with E-state index in [1.165, 1.54) is 12.8 Å². The average Bonchev–Trinajstić information content (AvgIpc) is 1.97. The molecule has 0 saturated carbocycles. The first kappa shape index (κ1) is 6.81. The zero-order chi connectivity index (χ0) is 6.69. The van der Waals surface area contributed by atoms with Crippen molar-refractivity contribution in [3.63, 3.8) is 0 Å². The Kier molecular flexibility index (Phi) is 2.29. The normalized spacial score (nSPS) is 36.2. The number of hydrogen-bond donors (Lipinski definition) is 1. The molecule has 1 aliphatic rings. The third-order valence-electron chi connectivity index (χ3n) is 1.90. The molecule has 0 aliphatic heterocycles. The average molecular weight is 125 g/mol. The monoisotopic (exact) mass is 125 g/mol. The minimum atomic E-state index is 0.422. The van der Waals surface area contributed by atoms with E-state index in [0.29, 0.717) is 6.04 Å². The molecule has 52 valence electrons. The molecule has 0 fully saturated rings. The molecule has 1 nitrogen and oxygen atoms in total. The van der Waals surface area contributed by atoms with Crippen LogP contribution in [0, 0.1) is 5.92 Å². The first-order chi connectivity index (χ1) is 4.29. The molecular formula is C8H15N. The number of hydrogen-bond acceptors (Lipinski definition) is 1. The van der Waals surface area contributed by atoms with Crippen molar-refractivity contribution < 1.29 is 0 Å². The fourth-order valence-electron chi connectivity index (χ4n) is 1.18. The smallest absolute Gasteiger partial charge is 0.00736 e. The van der Waals surface area contributed by atoms with Crippen LogP contribution < -0.4 is 5.73 Å². The zero-order valence-corrected chi connectivity index (χ0v) is 6.01. The lowest BCUT2D eigenvalue weighted by atomic mass is 10.1. The topological polar surface area (TPSA) is 26.0 Å². The van der Waals surface area contributed by atoms with Crippen LogP contribution in [0.15, 0.2) is 12.2 Å². The summed E-state index contributed by atoms with van der Waals surface area (Å²) in [5, 5.41) is 0. The third kappa shape index (κ3) is 2.19. The molecule has 9 heavy (non-hydrogen) atoms. The van der Waals surface area contributed by atoms with Crippen molar-refractivity contribution in [2.24, 2.45) is 11.7 Å². The lowest BCUT2D eigenvalue weighted by molar-refractivity contribution is 0.548. The fraction of sp³-hybridized carbons (Fsp3) is 0.750. The molecule has 0 aromatic heterocycles. The van der Waals surface area contributed by atoms with Gasteiger partial charge in [0, 0.05) is 6.04 Å². The Morgan fingerprint density at radius 2 is 2.22 bits per heavy atom. The van der Waals surface area contributed by atoms with Crippen LogP contribution >= 0.6 is 0 Å². The summed E-state index contributed by atoms with van der Waals surface area (Å²) in [7, 11) is 0.